The summed E-state index contributed by atoms with van der Waals surface area (Å²) in [6.07, 6.45) is 0. The van der Waals surface area contributed by atoms with Gasteiger partial charge in [0.25, 0.3) is 5.91 Å². The second-order valence-corrected chi connectivity index (χ2v) is 5.23. The highest BCUT2D eigenvalue weighted by molar-refractivity contribution is 5.94. The third-order valence-corrected chi connectivity index (χ3v) is 3.64. The highest BCUT2D eigenvalue weighted by Crippen LogP contribution is 2.16. The largest absolute Gasteiger partial charge is 0.334 e. The second-order valence-electron chi connectivity index (χ2n) is 5.23. The lowest BCUT2D eigenvalue weighted by Crippen LogP contribution is -2.31. The summed E-state index contributed by atoms with van der Waals surface area (Å²) in [6.45, 7) is 6.81. The Kier molecular flexibility index (Phi) is 4.73. The molecular weight excluding hydrogens is 265 g/mol. The zero-order valence-corrected chi connectivity index (χ0v) is 12.7. The van der Waals surface area contributed by atoms with Crippen molar-refractivity contribution in [2.24, 2.45) is 0 Å². The van der Waals surface area contributed by atoms with Crippen molar-refractivity contribution in [1.82, 2.24) is 4.90 Å². The minimum absolute atomic E-state index is 0.144. The zero-order valence-electron chi connectivity index (χ0n) is 12.7. The van der Waals surface area contributed by atoms with E-state index in [4.69, 9.17) is 0 Å². The lowest BCUT2D eigenvalue weighted by atomic mass is 10.1. The molecule has 0 aromatic heterocycles. The molecule has 0 aliphatic heterocycles. The molecule has 0 saturated carbocycles. The fraction of sp³-hybridized carbons (Fsp3) is 0.278. The molecule has 0 atom stereocenters. The molecule has 2 aromatic rings. The number of aryl methyl sites for hydroxylation is 2. The van der Waals surface area contributed by atoms with Gasteiger partial charge in [-0.3, -0.25) is 4.79 Å². The van der Waals surface area contributed by atoms with Crippen molar-refractivity contribution in [1.29, 1.82) is 0 Å². The molecule has 0 spiro atoms. The zero-order chi connectivity index (χ0) is 15.4. The van der Waals surface area contributed by atoms with Gasteiger partial charge in [-0.15, -0.1) is 0 Å². The fourth-order valence-corrected chi connectivity index (χ4v) is 2.29. The Bertz CT molecular complexity index is 651. The van der Waals surface area contributed by atoms with Gasteiger partial charge < -0.3 is 4.90 Å². The summed E-state index contributed by atoms with van der Waals surface area (Å²) in [4.78, 5) is 14.2. The summed E-state index contributed by atoms with van der Waals surface area (Å²) < 4.78 is 13.9. The Morgan fingerprint density at radius 2 is 1.86 bits per heavy atom. The first kappa shape index (κ1) is 15.2. The number of benzene rings is 2. The molecule has 2 rings (SSSR count). The van der Waals surface area contributed by atoms with E-state index >= 15 is 0 Å². The van der Waals surface area contributed by atoms with Crippen LogP contribution in [-0.4, -0.2) is 17.4 Å². The van der Waals surface area contributed by atoms with E-state index in [0.29, 0.717) is 13.1 Å². The number of halogens is 1. The van der Waals surface area contributed by atoms with Crippen LogP contribution in [0.15, 0.2) is 42.5 Å². The van der Waals surface area contributed by atoms with E-state index < -0.39 is 5.82 Å². The SMILES string of the molecule is CCN(Cc1ccccc1C)C(=O)c1cc(C)ccc1F. The Morgan fingerprint density at radius 3 is 2.52 bits per heavy atom. The molecule has 0 aliphatic carbocycles. The number of nitrogens with zero attached hydrogens (tertiary/aromatic N) is 1. The Balaban J connectivity index is 2.27. The minimum atomic E-state index is -0.464. The monoisotopic (exact) mass is 285 g/mol. The van der Waals surface area contributed by atoms with Gasteiger partial charge >= 0.3 is 0 Å². The van der Waals surface area contributed by atoms with Crippen LogP contribution in [0, 0.1) is 19.7 Å². The van der Waals surface area contributed by atoms with Crippen molar-refractivity contribution < 1.29 is 9.18 Å². The topological polar surface area (TPSA) is 20.3 Å². The van der Waals surface area contributed by atoms with Crippen LogP contribution in [0.3, 0.4) is 0 Å². The van der Waals surface area contributed by atoms with E-state index in [1.54, 1.807) is 17.0 Å². The molecule has 0 aliphatic rings. The summed E-state index contributed by atoms with van der Waals surface area (Å²) in [5, 5.41) is 0. The lowest BCUT2D eigenvalue weighted by Gasteiger charge is -2.22. The maximum Gasteiger partial charge on any atom is 0.257 e. The number of amides is 1. The molecule has 21 heavy (non-hydrogen) atoms. The molecule has 0 bridgehead atoms. The third-order valence-electron chi connectivity index (χ3n) is 3.64. The van der Waals surface area contributed by atoms with Gasteiger partial charge in [0.15, 0.2) is 0 Å². The molecule has 0 unspecified atom stereocenters. The lowest BCUT2D eigenvalue weighted by molar-refractivity contribution is 0.0747. The van der Waals surface area contributed by atoms with Crippen LogP contribution in [0.25, 0.3) is 0 Å². The molecule has 2 nitrogen and oxygen atoms in total. The van der Waals surface area contributed by atoms with E-state index in [-0.39, 0.29) is 11.5 Å². The highest BCUT2D eigenvalue weighted by Gasteiger charge is 2.18. The minimum Gasteiger partial charge on any atom is -0.334 e. The van der Waals surface area contributed by atoms with Crippen molar-refractivity contribution in [3.8, 4) is 0 Å². The number of rotatable bonds is 4. The molecule has 2 aromatic carbocycles. The van der Waals surface area contributed by atoms with E-state index in [1.807, 2.05) is 45.0 Å². The molecule has 0 heterocycles. The predicted molar refractivity (Wildman–Crippen MR) is 82.7 cm³/mol. The molecule has 0 saturated heterocycles. The first-order valence-electron chi connectivity index (χ1n) is 7.13. The first-order valence-corrected chi connectivity index (χ1v) is 7.13. The number of carbonyl (C=O) groups excluding carboxylic acids is 1. The molecular formula is C18H20FNO. The van der Waals surface area contributed by atoms with Crippen LogP contribution < -0.4 is 0 Å². The molecule has 3 heteroatoms. The maximum atomic E-state index is 13.9. The van der Waals surface area contributed by atoms with E-state index in [0.717, 1.165) is 16.7 Å². The van der Waals surface area contributed by atoms with Crippen LogP contribution in [0.5, 0.6) is 0 Å². The van der Waals surface area contributed by atoms with Crippen LogP contribution >= 0.6 is 0 Å². The predicted octanol–water partition coefficient (Wildman–Crippen LogP) is 4.10. The van der Waals surface area contributed by atoms with Crippen molar-refractivity contribution in [2.75, 3.05) is 6.54 Å². The molecule has 0 fully saturated rings. The van der Waals surface area contributed by atoms with Crippen LogP contribution in [0.4, 0.5) is 4.39 Å². The van der Waals surface area contributed by atoms with Crippen molar-refractivity contribution in [3.63, 3.8) is 0 Å². The fourth-order valence-electron chi connectivity index (χ4n) is 2.29. The van der Waals surface area contributed by atoms with Crippen LogP contribution in [-0.2, 0) is 6.54 Å². The summed E-state index contributed by atoms with van der Waals surface area (Å²) in [5.41, 5.74) is 3.24. The highest BCUT2D eigenvalue weighted by atomic mass is 19.1. The van der Waals surface area contributed by atoms with Crippen molar-refractivity contribution in [2.45, 2.75) is 27.3 Å². The van der Waals surface area contributed by atoms with Gasteiger partial charge in [0.2, 0.25) is 0 Å². The normalized spacial score (nSPS) is 10.5. The number of hydrogen-bond acceptors (Lipinski definition) is 1. The van der Waals surface area contributed by atoms with Gasteiger partial charge in [0.1, 0.15) is 5.82 Å². The number of hydrogen-bond donors (Lipinski definition) is 0. The van der Waals surface area contributed by atoms with Gasteiger partial charge in [-0.05, 0) is 44.0 Å². The molecule has 1 amide bonds. The smallest absolute Gasteiger partial charge is 0.257 e. The third kappa shape index (κ3) is 3.48. The van der Waals surface area contributed by atoms with Crippen LogP contribution in [0.2, 0.25) is 0 Å². The summed E-state index contributed by atoms with van der Waals surface area (Å²) in [6, 6.07) is 12.6. The Morgan fingerprint density at radius 1 is 1.14 bits per heavy atom. The van der Waals surface area contributed by atoms with Gasteiger partial charge in [-0.25, -0.2) is 4.39 Å². The quantitative estimate of drug-likeness (QED) is 0.828. The van der Waals surface area contributed by atoms with E-state index in [9.17, 15) is 9.18 Å². The Labute approximate surface area is 125 Å². The van der Waals surface area contributed by atoms with Gasteiger partial charge in [0, 0.05) is 13.1 Å². The summed E-state index contributed by atoms with van der Waals surface area (Å²) in [5.74, 6) is -0.726. The molecule has 0 N–H and O–H groups in total. The average molecular weight is 285 g/mol. The van der Waals surface area contributed by atoms with Gasteiger partial charge in [0.05, 0.1) is 5.56 Å². The standard InChI is InChI=1S/C18H20FNO/c1-4-20(12-15-8-6-5-7-14(15)3)18(21)16-11-13(2)9-10-17(16)19/h5-11H,4,12H2,1-3H3. The Hall–Kier alpha value is -2.16. The molecule has 110 valence electrons. The second kappa shape index (κ2) is 6.53. The van der Waals surface area contributed by atoms with Crippen molar-refractivity contribution in [3.05, 3.63) is 70.5 Å². The maximum absolute atomic E-state index is 13.9. The summed E-state index contributed by atoms with van der Waals surface area (Å²) >= 11 is 0. The van der Waals surface area contributed by atoms with E-state index in [1.165, 1.54) is 6.07 Å². The van der Waals surface area contributed by atoms with Gasteiger partial charge in [-0.1, -0.05) is 35.9 Å². The first-order chi connectivity index (χ1) is 10.0. The van der Waals surface area contributed by atoms with Crippen LogP contribution in [0.1, 0.15) is 34.0 Å². The summed E-state index contributed by atoms with van der Waals surface area (Å²) in [7, 11) is 0. The van der Waals surface area contributed by atoms with E-state index in [2.05, 4.69) is 0 Å². The average Bonchev–Trinajstić information content (AvgIpc) is 2.48. The number of carbonyl (C=O) groups is 1. The van der Waals surface area contributed by atoms with Crippen molar-refractivity contribution >= 4 is 5.91 Å². The van der Waals surface area contributed by atoms with Gasteiger partial charge in [-0.2, -0.15) is 0 Å². The molecule has 0 radical (unpaired) electrons.